The molecule has 0 atom stereocenters. The summed E-state index contributed by atoms with van der Waals surface area (Å²) >= 11 is 1.43. The van der Waals surface area contributed by atoms with Crippen LogP contribution in [0.2, 0.25) is 0 Å². The lowest BCUT2D eigenvalue weighted by atomic mass is 10.1. The van der Waals surface area contributed by atoms with Crippen LogP contribution in [0.4, 0.5) is 5.00 Å². The fraction of sp³-hybridized carbons (Fsp3) is 0.100. The van der Waals surface area contributed by atoms with Crippen molar-refractivity contribution in [2.45, 2.75) is 0 Å². The molecule has 0 fully saturated rings. The van der Waals surface area contributed by atoms with Crippen LogP contribution >= 0.6 is 11.3 Å². The van der Waals surface area contributed by atoms with Gasteiger partial charge in [-0.1, -0.05) is 0 Å². The minimum atomic E-state index is 0.283. The summed E-state index contributed by atoms with van der Waals surface area (Å²) in [5.41, 5.74) is 9.29. The smallest absolute Gasteiger partial charge is 0.231 e. The van der Waals surface area contributed by atoms with E-state index in [9.17, 15) is 0 Å². The third kappa shape index (κ3) is 1.32. The van der Waals surface area contributed by atoms with Crippen molar-refractivity contribution in [1.29, 1.82) is 0 Å². The monoisotopic (exact) mass is 220 g/mol. The quantitative estimate of drug-likeness (QED) is 0.799. The number of nitrogens with two attached hydrogens (primary N) is 1. The van der Waals surface area contributed by atoms with Gasteiger partial charge in [0.25, 0.3) is 0 Å². The largest absolute Gasteiger partial charge is 0.454 e. The van der Waals surface area contributed by atoms with Gasteiger partial charge in [0.05, 0.1) is 5.51 Å². The summed E-state index contributed by atoms with van der Waals surface area (Å²) in [6, 6.07) is 5.70. The number of aromatic nitrogens is 1. The highest BCUT2D eigenvalue weighted by Crippen LogP contribution is 2.37. The molecule has 0 saturated carbocycles. The zero-order chi connectivity index (χ0) is 10.3. The topological polar surface area (TPSA) is 57.4 Å². The van der Waals surface area contributed by atoms with Crippen LogP contribution in [0.15, 0.2) is 23.7 Å². The molecule has 3 rings (SSSR count). The van der Waals surface area contributed by atoms with Crippen LogP contribution in [-0.2, 0) is 0 Å². The fourth-order valence-electron chi connectivity index (χ4n) is 1.52. The highest BCUT2D eigenvalue weighted by molar-refractivity contribution is 7.14. The van der Waals surface area contributed by atoms with Gasteiger partial charge in [-0.3, -0.25) is 0 Å². The molecule has 2 aromatic rings. The number of fused-ring (bicyclic) bond motifs is 1. The predicted molar refractivity (Wildman–Crippen MR) is 58.1 cm³/mol. The first-order valence-corrected chi connectivity index (χ1v) is 5.31. The van der Waals surface area contributed by atoms with Gasteiger partial charge in [-0.15, -0.1) is 11.3 Å². The second-order valence-corrected chi connectivity index (χ2v) is 4.02. The SMILES string of the molecule is Nc1scnc1-c1ccc2c(c1)OCO2. The summed E-state index contributed by atoms with van der Waals surface area (Å²) in [6.45, 7) is 0.283. The molecular formula is C10H8N2O2S. The number of nitrogens with zero attached hydrogens (tertiary/aromatic N) is 1. The van der Waals surface area contributed by atoms with Gasteiger partial charge in [0, 0.05) is 5.56 Å². The minimum Gasteiger partial charge on any atom is -0.454 e. The Balaban J connectivity index is 2.11. The molecule has 0 bridgehead atoms. The average Bonchev–Trinajstić information content (AvgIpc) is 2.84. The van der Waals surface area contributed by atoms with E-state index in [1.807, 2.05) is 18.2 Å². The van der Waals surface area contributed by atoms with Crippen LogP contribution in [0.25, 0.3) is 11.3 Å². The molecule has 1 aromatic carbocycles. The Labute approximate surface area is 90.3 Å². The summed E-state index contributed by atoms with van der Waals surface area (Å²) in [7, 11) is 0. The molecule has 0 radical (unpaired) electrons. The lowest BCUT2D eigenvalue weighted by molar-refractivity contribution is 0.174. The molecule has 1 aliphatic heterocycles. The summed E-state index contributed by atoms with van der Waals surface area (Å²) in [6.07, 6.45) is 0. The standard InChI is InChI=1S/C10H8N2O2S/c11-10-9(12-4-15-10)6-1-2-7-8(3-6)14-5-13-7/h1-4H,5,11H2. The molecule has 2 heterocycles. The minimum absolute atomic E-state index is 0.283. The Kier molecular flexibility index (Phi) is 1.78. The van der Waals surface area contributed by atoms with E-state index in [0.29, 0.717) is 5.00 Å². The van der Waals surface area contributed by atoms with E-state index in [1.165, 1.54) is 11.3 Å². The highest BCUT2D eigenvalue weighted by Gasteiger charge is 2.15. The molecule has 1 aromatic heterocycles. The van der Waals surface area contributed by atoms with E-state index >= 15 is 0 Å². The van der Waals surface area contributed by atoms with E-state index in [-0.39, 0.29) is 6.79 Å². The third-order valence-electron chi connectivity index (χ3n) is 2.24. The van der Waals surface area contributed by atoms with Gasteiger partial charge in [0.15, 0.2) is 11.5 Å². The lowest BCUT2D eigenvalue weighted by Gasteiger charge is -2.00. The van der Waals surface area contributed by atoms with Gasteiger partial charge in [-0.25, -0.2) is 4.98 Å². The molecule has 0 aliphatic carbocycles. The second-order valence-electron chi connectivity index (χ2n) is 3.13. The number of anilines is 1. The Morgan fingerprint density at radius 3 is 2.93 bits per heavy atom. The Hall–Kier alpha value is -1.75. The Bertz CT molecular complexity index is 510. The molecule has 76 valence electrons. The Morgan fingerprint density at radius 2 is 2.13 bits per heavy atom. The first-order chi connectivity index (χ1) is 7.34. The van der Waals surface area contributed by atoms with Gasteiger partial charge >= 0.3 is 0 Å². The Morgan fingerprint density at radius 1 is 1.27 bits per heavy atom. The van der Waals surface area contributed by atoms with Crippen molar-refractivity contribution in [3.05, 3.63) is 23.7 Å². The molecule has 1 aliphatic rings. The van der Waals surface area contributed by atoms with Gasteiger partial charge in [0.2, 0.25) is 6.79 Å². The summed E-state index contributed by atoms with van der Waals surface area (Å²) in [5.74, 6) is 1.52. The molecule has 4 nitrogen and oxygen atoms in total. The molecule has 5 heteroatoms. The van der Waals surface area contributed by atoms with Crippen molar-refractivity contribution in [3.8, 4) is 22.8 Å². The van der Waals surface area contributed by atoms with Crippen molar-refractivity contribution in [1.82, 2.24) is 4.98 Å². The van der Waals surface area contributed by atoms with Gasteiger partial charge in [-0.05, 0) is 18.2 Å². The molecule has 15 heavy (non-hydrogen) atoms. The van der Waals surface area contributed by atoms with Gasteiger partial charge in [0.1, 0.15) is 10.7 Å². The molecule has 0 unspecified atom stereocenters. The number of hydrogen-bond donors (Lipinski definition) is 1. The number of rotatable bonds is 1. The van der Waals surface area contributed by atoms with E-state index < -0.39 is 0 Å². The van der Waals surface area contributed by atoms with Crippen LogP contribution in [0.5, 0.6) is 11.5 Å². The highest BCUT2D eigenvalue weighted by atomic mass is 32.1. The summed E-state index contributed by atoms with van der Waals surface area (Å²) in [4.78, 5) is 4.21. The first kappa shape index (κ1) is 8.55. The number of benzene rings is 1. The van der Waals surface area contributed by atoms with Crippen molar-refractivity contribution < 1.29 is 9.47 Å². The zero-order valence-corrected chi connectivity index (χ0v) is 8.58. The second kappa shape index (κ2) is 3.13. The van der Waals surface area contributed by atoms with Crippen LogP contribution < -0.4 is 15.2 Å². The fourth-order valence-corrected chi connectivity index (χ4v) is 2.07. The summed E-state index contributed by atoms with van der Waals surface area (Å²) < 4.78 is 10.5. The van der Waals surface area contributed by atoms with E-state index in [4.69, 9.17) is 15.2 Å². The van der Waals surface area contributed by atoms with E-state index in [1.54, 1.807) is 5.51 Å². The van der Waals surface area contributed by atoms with Crippen LogP contribution in [0, 0.1) is 0 Å². The molecule has 0 saturated heterocycles. The van der Waals surface area contributed by atoms with Crippen molar-refractivity contribution in [2.24, 2.45) is 0 Å². The average molecular weight is 220 g/mol. The summed E-state index contributed by atoms with van der Waals surface area (Å²) in [5, 5.41) is 0.717. The lowest BCUT2D eigenvalue weighted by Crippen LogP contribution is -1.92. The molecular weight excluding hydrogens is 212 g/mol. The normalized spacial score (nSPS) is 13.1. The molecule has 2 N–H and O–H groups in total. The molecule has 0 spiro atoms. The number of hydrogen-bond acceptors (Lipinski definition) is 5. The van der Waals surface area contributed by atoms with Gasteiger partial charge < -0.3 is 15.2 Å². The van der Waals surface area contributed by atoms with Crippen LogP contribution in [-0.4, -0.2) is 11.8 Å². The van der Waals surface area contributed by atoms with Gasteiger partial charge in [-0.2, -0.15) is 0 Å². The first-order valence-electron chi connectivity index (χ1n) is 4.43. The maximum Gasteiger partial charge on any atom is 0.231 e. The number of nitrogen functional groups attached to an aromatic ring is 1. The van der Waals surface area contributed by atoms with Crippen molar-refractivity contribution in [3.63, 3.8) is 0 Å². The van der Waals surface area contributed by atoms with E-state index in [2.05, 4.69) is 4.98 Å². The predicted octanol–water partition coefficient (Wildman–Crippen LogP) is 2.12. The third-order valence-corrected chi connectivity index (χ3v) is 2.90. The van der Waals surface area contributed by atoms with Crippen LogP contribution in [0.3, 0.4) is 0 Å². The number of ether oxygens (including phenoxy) is 2. The van der Waals surface area contributed by atoms with E-state index in [0.717, 1.165) is 22.8 Å². The zero-order valence-electron chi connectivity index (χ0n) is 7.77. The van der Waals surface area contributed by atoms with Crippen LogP contribution in [0.1, 0.15) is 0 Å². The van der Waals surface area contributed by atoms with Crippen molar-refractivity contribution >= 4 is 16.3 Å². The maximum absolute atomic E-state index is 5.80. The number of thiazole rings is 1. The maximum atomic E-state index is 5.80. The molecule has 0 amide bonds. The van der Waals surface area contributed by atoms with Crippen molar-refractivity contribution in [2.75, 3.05) is 12.5 Å².